The first-order valence-corrected chi connectivity index (χ1v) is 10.7. The molecule has 2 amide bonds. The SMILES string of the molecule is O=C(NN1C(=O)CCSC1c1cccc(OCc2ccccc2)c1)c1ccncc1. The van der Waals surface area contributed by atoms with Gasteiger partial charge in [0, 0.05) is 30.1 Å². The number of rotatable bonds is 6. The van der Waals surface area contributed by atoms with Crippen LogP contribution in [0.3, 0.4) is 0 Å². The number of hydrazine groups is 1. The van der Waals surface area contributed by atoms with Crippen LogP contribution in [0.1, 0.15) is 33.3 Å². The number of hydrogen-bond acceptors (Lipinski definition) is 5. The molecule has 0 aliphatic carbocycles. The van der Waals surface area contributed by atoms with E-state index in [1.807, 2.05) is 54.6 Å². The van der Waals surface area contributed by atoms with Gasteiger partial charge in [-0.25, -0.2) is 5.01 Å². The molecule has 2 aromatic carbocycles. The van der Waals surface area contributed by atoms with Crippen molar-refractivity contribution in [3.05, 3.63) is 95.8 Å². The molecular weight excluding hydrogens is 398 g/mol. The fourth-order valence-electron chi connectivity index (χ4n) is 3.13. The van der Waals surface area contributed by atoms with Crippen molar-refractivity contribution in [1.29, 1.82) is 0 Å². The molecule has 1 aromatic heterocycles. The molecule has 0 saturated carbocycles. The summed E-state index contributed by atoms with van der Waals surface area (Å²) in [6.07, 6.45) is 3.47. The minimum absolute atomic E-state index is 0.114. The molecule has 1 aliphatic rings. The summed E-state index contributed by atoms with van der Waals surface area (Å²) < 4.78 is 5.93. The van der Waals surface area contributed by atoms with Crippen LogP contribution in [0.4, 0.5) is 0 Å². The van der Waals surface area contributed by atoms with Crippen LogP contribution in [-0.2, 0) is 11.4 Å². The van der Waals surface area contributed by atoms with Crippen LogP contribution in [0.15, 0.2) is 79.1 Å². The molecule has 1 N–H and O–H groups in total. The molecule has 1 aliphatic heterocycles. The van der Waals surface area contributed by atoms with Crippen molar-refractivity contribution in [3.63, 3.8) is 0 Å². The first-order valence-electron chi connectivity index (χ1n) is 9.62. The number of carbonyl (C=O) groups excluding carboxylic acids is 2. The third kappa shape index (κ3) is 4.80. The Morgan fingerprint density at radius 3 is 2.70 bits per heavy atom. The van der Waals surface area contributed by atoms with Gasteiger partial charge in [0.15, 0.2) is 0 Å². The molecule has 152 valence electrons. The number of ether oxygens (including phenoxy) is 1. The summed E-state index contributed by atoms with van der Waals surface area (Å²) in [5.41, 5.74) is 5.19. The molecule has 2 heterocycles. The van der Waals surface area contributed by atoms with E-state index in [1.54, 1.807) is 36.3 Å². The van der Waals surface area contributed by atoms with E-state index >= 15 is 0 Å². The van der Waals surface area contributed by atoms with Crippen LogP contribution in [0, 0.1) is 0 Å². The highest BCUT2D eigenvalue weighted by molar-refractivity contribution is 7.99. The Bertz CT molecular complexity index is 1010. The van der Waals surface area contributed by atoms with Gasteiger partial charge in [0.25, 0.3) is 5.91 Å². The number of amides is 2. The summed E-state index contributed by atoms with van der Waals surface area (Å²) in [7, 11) is 0. The molecule has 0 spiro atoms. The predicted molar refractivity (Wildman–Crippen MR) is 116 cm³/mol. The summed E-state index contributed by atoms with van der Waals surface area (Å²) in [4.78, 5) is 29.1. The fourth-order valence-corrected chi connectivity index (χ4v) is 4.30. The van der Waals surface area contributed by atoms with Gasteiger partial charge in [0.1, 0.15) is 17.7 Å². The van der Waals surface area contributed by atoms with Crippen molar-refractivity contribution in [2.75, 3.05) is 5.75 Å². The molecule has 0 radical (unpaired) electrons. The van der Waals surface area contributed by atoms with Crippen LogP contribution in [0.2, 0.25) is 0 Å². The van der Waals surface area contributed by atoms with E-state index in [0.29, 0.717) is 24.3 Å². The van der Waals surface area contributed by atoms with Crippen LogP contribution < -0.4 is 10.2 Å². The quantitative estimate of drug-likeness (QED) is 0.655. The second-order valence-corrected chi connectivity index (χ2v) is 7.95. The number of benzene rings is 2. The third-order valence-corrected chi connectivity index (χ3v) is 5.89. The van der Waals surface area contributed by atoms with Crippen LogP contribution in [0.5, 0.6) is 5.75 Å². The minimum Gasteiger partial charge on any atom is -0.489 e. The Hall–Kier alpha value is -3.32. The van der Waals surface area contributed by atoms with E-state index < -0.39 is 0 Å². The van der Waals surface area contributed by atoms with Crippen molar-refractivity contribution in [1.82, 2.24) is 15.4 Å². The van der Waals surface area contributed by atoms with Crippen molar-refractivity contribution in [3.8, 4) is 5.75 Å². The maximum Gasteiger partial charge on any atom is 0.270 e. The summed E-state index contributed by atoms with van der Waals surface area (Å²) in [6.45, 7) is 0.462. The van der Waals surface area contributed by atoms with Gasteiger partial charge in [-0.1, -0.05) is 42.5 Å². The molecule has 1 unspecified atom stereocenters. The van der Waals surface area contributed by atoms with Gasteiger partial charge in [0.2, 0.25) is 5.91 Å². The molecule has 0 bridgehead atoms. The second-order valence-electron chi connectivity index (χ2n) is 6.76. The predicted octanol–water partition coefficient (Wildman–Crippen LogP) is 3.97. The number of pyridine rings is 1. The fraction of sp³-hybridized carbons (Fsp3) is 0.174. The number of hydrogen-bond donors (Lipinski definition) is 1. The Morgan fingerprint density at radius 2 is 1.90 bits per heavy atom. The lowest BCUT2D eigenvalue weighted by Crippen LogP contribution is -2.49. The average Bonchev–Trinajstić information content (AvgIpc) is 2.80. The summed E-state index contributed by atoms with van der Waals surface area (Å²) >= 11 is 1.61. The zero-order chi connectivity index (χ0) is 20.8. The van der Waals surface area contributed by atoms with E-state index in [2.05, 4.69) is 10.4 Å². The lowest BCUT2D eigenvalue weighted by Gasteiger charge is -2.35. The van der Waals surface area contributed by atoms with Crippen LogP contribution in [0.25, 0.3) is 0 Å². The zero-order valence-corrected chi connectivity index (χ0v) is 17.0. The maximum atomic E-state index is 12.6. The Labute approximate surface area is 179 Å². The number of nitrogens with one attached hydrogen (secondary N) is 1. The van der Waals surface area contributed by atoms with Gasteiger partial charge in [-0.05, 0) is 35.4 Å². The smallest absolute Gasteiger partial charge is 0.270 e. The Kier molecular flexibility index (Phi) is 6.29. The topological polar surface area (TPSA) is 71.5 Å². The van der Waals surface area contributed by atoms with Gasteiger partial charge >= 0.3 is 0 Å². The van der Waals surface area contributed by atoms with E-state index in [1.165, 1.54) is 5.01 Å². The Balaban J connectivity index is 1.50. The molecule has 7 heteroatoms. The summed E-state index contributed by atoms with van der Waals surface area (Å²) in [6, 6.07) is 20.8. The standard InChI is InChI=1S/C23H21N3O3S/c27-21-11-14-30-23(26(21)25-22(28)18-9-12-24-13-10-18)19-7-4-8-20(15-19)29-16-17-5-2-1-3-6-17/h1-10,12-13,15,23H,11,14,16H2,(H,25,28). The molecule has 1 atom stereocenters. The molecule has 4 rings (SSSR count). The Morgan fingerprint density at radius 1 is 1.10 bits per heavy atom. The monoisotopic (exact) mass is 419 g/mol. The first kappa shape index (κ1) is 20.0. The van der Waals surface area contributed by atoms with E-state index in [9.17, 15) is 9.59 Å². The molecule has 1 fully saturated rings. The largest absolute Gasteiger partial charge is 0.489 e. The molecule has 3 aromatic rings. The average molecular weight is 420 g/mol. The van der Waals surface area contributed by atoms with Crippen LogP contribution in [-0.4, -0.2) is 27.6 Å². The molecule has 1 saturated heterocycles. The third-order valence-electron chi connectivity index (χ3n) is 4.65. The number of nitrogens with zero attached hydrogens (tertiary/aromatic N) is 2. The van der Waals surface area contributed by atoms with Gasteiger partial charge in [0.05, 0.1) is 0 Å². The molecular formula is C23H21N3O3S. The lowest BCUT2D eigenvalue weighted by molar-refractivity contribution is -0.134. The van der Waals surface area contributed by atoms with Gasteiger partial charge in [-0.3, -0.25) is 20.0 Å². The second kappa shape index (κ2) is 9.45. The normalized spacial score (nSPS) is 16.2. The number of aromatic nitrogens is 1. The van der Waals surface area contributed by atoms with E-state index in [-0.39, 0.29) is 17.2 Å². The van der Waals surface area contributed by atoms with Crippen molar-refractivity contribution in [2.45, 2.75) is 18.4 Å². The molecule has 6 nitrogen and oxygen atoms in total. The van der Waals surface area contributed by atoms with Gasteiger partial charge < -0.3 is 4.74 Å². The minimum atomic E-state index is -0.338. The highest BCUT2D eigenvalue weighted by Gasteiger charge is 2.31. The van der Waals surface area contributed by atoms with Crippen molar-refractivity contribution in [2.24, 2.45) is 0 Å². The first-order chi connectivity index (χ1) is 14.7. The number of carbonyl (C=O) groups is 2. The van der Waals surface area contributed by atoms with Crippen LogP contribution >= 0.6 is 11.8 Å². The zero-order valence-electron chi connectivity index (χ0n) is 16.2. The number of thioether (sulfide) groups is 1. The van der Waals surface area contributed by atoms with Gasteiger partial charge in [-0.2, -0.15) is 0 Å². The maximum absolute atomic E-state index is 12.6. The summed E-state index contributed by atoms with van der Waals surface area (Å²) in [5, 5.41) is 1.10. The highest BCUT2D eigenvalue weighted by Crippen LogP contribution is 2.37. The lowest BCUT2D eigenvalue weighted by atomic mass is 10.2. The molecule has 30 heavy (non-hydrogen) atoms. The van der Waals surface area contributed by atoms with Crippen molar-refractivity contribution < 1.29 is 14.3 Å². The van der Waals surface area contributed by atoms with E-state index in [0.717, 1.165) is 16.9 Å². The van der Waals surface area contributed by atoms with Crippen molar-refractivity contribution >= 4 is 23.6 Å². The summed E-state index contributed by atoms with van der Waals surface area (Å²) in [5.74, 6) is 0.960. The highest BCUT2D eigenvalue weighted by atomic mass is 32.2. The van der Waals surface area contributed by atoms with Gasteiger partial charge in [-0.15, -0.1) is 11.8 Å². The van der Waals surface area contributed by atoms with E-state index in [4.69, 9.17) is 4.74 Å².